The molecule has 1 N–H and O–H groups in total. The number of carbonyl (C=O) groups is 1. The lowest BCUT2D eigenvalue weighted by atomic mass is 10.2. The monoisotopic (exact) mass is 365 g/mol. The molecule has 0 aliphatic carbocycles. The van der Waals surface area contributed by atoms with Crippen LogP contribution in [0, 0.1) is 0 Å². The number of hydrogen-bond donors (Lipinski definition) is 1. The van der Waals surface area contributed by atoms with Gasteiger partial charge in [-0.15, -0.1) is 0 Å². The standard InChI is InChI=1S/C15H12BrNO3S/c16-13-8-4-5-9-14(13)21(19,20)17-15(18)11-10-12-6-2-1-3-7-12/h1-11H,(H,17,18)/b11-10+. The van der Waals surface area contributed by atoms with Crippen molar-refractivity contribution in [2.45, 2.75) is 4.90 Å². The first-order valence-electron chi connectivity index (χ1n) is 6.03. The molecule has 6 heteroatoms. The third-order valence-corrected chi connectivity index (χ3v) is 4.95. The normalized spacial score (nSPS) is 11.5. The van der Waals surface area contributed by atoms with Gasteiger partial charge in [-0.25, -0.2) is 13.1 Å². The molecule has 4 nitrogen and oxygen atoms in total. The highest BCUT2D eigenvalue weighted by Gasteiger charge is 2.18. The van der Waals surface area contributed by atoms with E-state index in [0.717, 1.165) is 5.56 Å². The number of hydrogen-bond acceptors (Lipinski definition) is 3. The van der Waals surface area contributed by atoms with E-state index >= 15 is 0 Å². The van der Waals surface area contributed by atoms with E-state index in [1.807, 2.05) is 35.1 Å². The Labute approximate surface area is 131 Å². The van der Waals surface area contributed by atoms with Crippen LogP contribution in [0.5, 0.6) is 0 Å². The van der Waals surface area contributed by atoms with Gasteiger partial charge in [0, 0.05) is 10.5 Å². The molecule has 2 aromatic rings. The van der Waals surface area contributed by atoms with Gasteiger partial charge in [0.15, 0.2) is 0 Å². The van der Waals surface area contributed by atoms with Crippen LogP contribution in [0.1, 0.15) is 5.56 Å². The number of carbonyl (C=O) groups excluding carboxylic acids is 1. The second kappa shape index (κ2) is 6.69. The van der Waals surface area contributed by atoms with Crippen LogP contribution in [0.2, 0.25) is 0 Å². The second-order valence-corrected chi connectivity index (χ2v) is 6.65. The van der Waals surface area contributed by atoms with Crippen LogP contribution in [0.25, 0.3) is 6.08 Å². The fourth-order valence-corrected chi connectivity index (χ4v) is 3.57. The number of sulfonamides is 1. The number of amides is 1. The Morgan fingerprint density at radius 2 is 1.62 bits per heavy atom. The minimum atomic E-state index is -3.89. The van der Waals surface area contributed by atoms with Gasteiger partial charge in [0.25, 0.3) is 15.9 Å². The number of rotatable bonds is 4. The Kier molecular flexibility index (Phi) is 4.93. The molecule has 108 valence electrons. The van der Waals surface area contributed by atoms with Crippen molar-refractivity contribution in [2.24, 2.45) is 0 Å². The zero-order valence-corrected chi connectivity index (χ0v) is 13.3. The summed E-state index contributed by atoms with van der Waals surface area (Å²) in [6.45, 7) is 0. The van der Waals surface area contributed by atoms with Crippen molar-refractivity contribution in [2.75, 3.05) is 0 Å². The van der Waals surface area contributed by atoms with Gasteiger partial charge in [-0.1, -0.05) is 42.5 Å². The molecule has 2 rings (SSSR count). The van der Waals surface area contributed by atoms with Crippen molar-refractivity contribution in [3.05, 3.63) is 70.7 Å². The smallest absolute Gasteiger partial charge is 0.265 e. The summed E-state index contributed by atoms with van der Waals surface area (Å²) in [7, 11) is -3.89. The van der Waals surface area contributed by atoms with Crippen LogP contribution >= 0.6 is 15.9 Å². The van der Waals surface area contributed by atoms with Crippen LogP contribution in [-0.2, 0) is 14.8 Å². The zero-order valence-electron chi connectivity index (χ0n) is 10.9. The maximum atomic E-state index is 12.1. The predicted molar refractivity (Wildman–Crippen MR) is 84.9 cm³/mol. The largest absolute Gasteiger partial charge is 0.269 e. The summed E-state index contributed by atoms with van der Waals surface area (Å²) in [6.07, 6.45) is 2.73. The summed E-state index contributed by atoms with van der Waals surface area (Å²) < 4.78 is 26.6. The van der Waals surface area contributed by atoms with Gasteiger partial charge < -0.3 is 0 Å². The molecule has 0 heterocycles. The first kappa shape index (κ1) is 15.5. The van der Waals surface area contributed by atoms with E-state index in [1.165, 1.54) is 12.1 Å². The minimum absolute atomic E-state index is 0.0199. The number of nitrogens with one attached hydrogen (secondary N) is 1. The molecule has 0 unspecified atom stereocenters. The first-order valence-corrected chi connectivity index (χ1v) is 8.31. The summed E-state index contributed by atoms with van der Waals surface area (Å²) in [6, 6.07) is 15.4. The molecule has 0 aliphatic heterocycles. The van der Waals surface area contributed by atoms with Crippen LogP contribution in [0.3, 0.4) is 0 Å². The molecule has 0 bridgehead atoms. The average molecular weight is 366 g/mol. The van der Waals surface area contributed by atoms with Crippen molar-refractivity contribution in [1.29, 1.82) is 0 Å². The SMILES string of the molecule is O=C(/C=C/c1ccccc1)NS(=O)(=O)c1ccccc1Br. The fraction of sp³-hybridized carbons (Fsp3) is 0. The van der Waals surface area contributed by atoms with Gasteiger partial charge in [0.2, 0.25) is 0 Å². The molecular formula is C15H12BrNO3S. The fourth-order valence-electron chi connectivity index (χ4n) is 1.62. The first-order chi connectivity index (χ1) is 9.99. The van der Waals surface area contributed by atoms with E-state index in [2.05, 4.69) is 15.9 Å². The lowest BCUT2D eigenvalue weighted by molar-refractivity contribution is -0.114. The molecule has 0 spiro atoms. The third kappa shape index (κ3) is 4.27. The summed E-state index contributed by atoms with van der Waals surface area (Å²) in [5.41, 5.74) is 0.811. The molecule has 0 saturated carbocycles. The molecule has 0 saturated heterocycles. The molecule has 0 fully saturated rings. The van der Waals surface area contributed by atoms with Gasteiger partial charge in [0.05, 0.1) is 0 Å². The molecule has 0 aromatic heterocycles. The zero-order chi connectivity index (χ0) is 15.3. The Hall–Kier alpha value is -1.92. The number of halogens is 1. The van der Waals surface area contributed by atoms with Crippen molar-refractivity contribution < 1.29 is 13.2 Å². The van der Waals surface area contributed by atoms with Gasteiger partial charge in [-0.3, -0.25) is 4.79 Å². The van der Waals surface area contributed by atoms with E-state index in [0.29, 0.717) is 4.47 Å². The van der Waals surface area contributed by atoms with E-state index in [-0.39, 0.29) is 4.90 Å². The molecule has 0 atom stereocenters. The number of benzene rings is 2. The van der Waals surface area contributed by atoms with Gasteiger partial charge in [-0.05, 0) is 39.7 Å². The van der Waals surface area contributed by atoms with Gasteiger partial charge >= 0.3 is 0 Å². The molecule has 0 aliphatic rings. The lowest BCUT2D eigenvalue weighted by Crippen LogP contribution is -2.29. The average Bonchev–Trinajstić information content (AvgIpc) is 2.46. The Morgan fingerprint density at radius 3 is 2.29 bits per heavy atom. The summed E-state index contributed by atoms with van der Waals surface area (Å²) in [5.74, 6) is -0.699. The van der Waals surface area contributed by atoms with E-state index < -0.39 is 15.9 Å². The Balaban J connectivity index is 2.13. The highest BCUT2D eigenvalue weighted by molar-refractivity contribution is 9.10. The minimum Gasteiger partial charge on any atom is -0.269 e. The highest BCUT2D eigenvalue weighted by atomic mass is 79.9. The molecule has 1 amide bonds. The lowest BCUT2D eigenvalue weighted by Gasteiger charge is -2.06. The molecule has 0 radical (unpaired) electrons. The van der Waals surface area contributed by atoms with Crippen LogP contribution in [0.15, 0.2) is 70.0 Å². The van der Waals surface area contributed by atoms with Crippen molar-refractivity contribution in [3.63, 3.8) is 0 Å². The van der Waals surface area contributed by atoms with Gasteiger partial charge in [-0.2, -0.15) is 0 Å². The van der Waals surface area contributed by atoms with Crippen LogP contribution < -0.4 is 4.72 Å². The van der Waals surface area contributed by atoms with Crippen molar-refractivity contribution in [3.8, 4) is 0 Å². The maximum Gasteiger partial charge on any atom is 0.265 e. The topological polar surface area (TPSA) is 63.2 Å². The van der Waals surface area contributed by atoms with E-state index in [1.54, 1.807) is 24.3 Å². The second-order valence-electron chi connectivity index (χ2n) is 4.14. The van der Waals surface area contributed by atoms with E-state index in [4.69, 9.17) is 0 Å². The molecule has 2 aromatic carbocycles. The summed E-state index contributed by atoms with van der Waals surface area (Å²) >= 11 is 3.15. The van der Waals surface area contributed by atoms with Crippen LogP contribution in [-0.4, -0.2) is 14.3 Å². The third-order valence-electron chi connectivity index (χ3n) is 2.59. The Bertz CT molecular complexity index is 771. The summed E-state index contributed by atoms with van der Waals surface area (Å²) in [4.78, 5) is 11.7. The highest BCUT2D eigenvalue weighted by Crippen LogP contribution is 2.20. The molecular weight excluding hydrogens is 354 g/mol. The van der Waals surface area contributed by atoms with E-state index in [9.17, 15) is 13.2 Å². The maximum absolute atomic E-state index is 12.1. The van der Waals surface area contributed by atoms with Crippen molar-refractivity contribution >= 4 is 37.9 Å². The Morgan fingerprint density at radius 1 is 1.00 bits per heavy atom. The quantitative estimate of drug-likeness (QED) is 0.847. The molecule has 21 heavy (non-hydrogen) atoms. The predicted octanol–water partition coefficient (Wildman–Crippen LogP) is 2.97. The van der Waals surface area contributed by atoms with Crippen LogP contribution in [0.4, 0.5) is 0 Å². The summed E-state index contributed by atoms with van der Waals surface area (Å²) in [5, 5.41) is 0. The van der Waals surface area contributed by atoms with Crippen molar-refractivity contribution in [1.82, 2.24) is 4.72 Å². The van der Waals surface area contributed by atoms with Gasteiger partial charge in [0.1, 0.15) is 4.90 Å².